The van der Waals surface area contributed by atoms with Crippen LogP contribution in [0.4, 0.5) is 11.4 Å². The maximum absolute atomic E-state index is 13.3. The van der Waals surface area contributed by atoms with E-state index in [2.05, 4.69) is 29.2 Å². The van der Waals surface area contributed by atoms with Crippen molar-refractivity contribution in [2.75, 3.05) is 11.4 Å². The lowest BCUT2D eigenvalue weighted by atomic mass is 10.1. The molecular formula is C22H18N2O2. The molecule has 26 heavy (non-hydrogen) atoms. The Morgan fingerprint density at radius 1 is 0.769 bits per heavy atom. The van der Waals surface area contributed by atoms with Crippen LogP contribution in [0.15, 0.2) is 72.8 Å². The van der Waals surface area contributed by atoms with Gasteiger partial charge >= 0.3 is 0 Å². The second-order valence-corrected chi connectivity index (χ2v) is 6.68. The molecule has 4 heteroatoms. The van der Waals surface area contributed by atoms with Crippen LogP contribution in [0.5, 0.6) is 11.5 Å². The molecule has 0 atom stereocenters. The van der Waals surface area contributed by atoms with Gasteiger partial charge in [-0.25, -0.2) is 0 Å². The minimum atomic E-state index is 0.0565. The lowest BCUT2D eigenvalue weighted by molar-refractivity contribution is -0.119. The summed E-state index contributed by atoms with van der Waals surface area (Å²) in [4.78, 5) is 17.2. The highest BCUT2D eigenvalue weighted by molar-refractivity contribution is 6.05. The SMILES string of the molecule is O=C(CN1Cc2ccccc2C1)N1c2ccccc2Oc2ccccc21. The molecule has 0 radical (unpaired) electrons. The molecule has 0 fully saturated rings. The maximum atomic E-state index is 13.3. The standard InChI is InChI=1S/C22H18N2O2/c25-22(15-23-13-16-7-1-2-8-17(16)14-23)24-18-9-3-5-11-20(18)26-21-12-6-4-10-19(21)24/h1-12H,13-15H2. The van der Waals surface area contributed by atoms with Crippen molar-refractivity contribution < 1.29 is 9.53 Å². The molecule has 0 aliphatic carbocycles. The largest absolute Gasteiger partial charge is 0.453 e. The third-order valence-electron chi connectivity index (χ3n) is 4.95. The summed E-state index contributed by atoms with van der Waals surface area (Å²) in [6.45, 7) is 2.00. The van der Waals surface area contributed by atoms with Crippen molar-refractivity contribution in [2.24, 2.45) is 0 Å². The molecular weight excluding hydrogens is 324 g/mol. The van der Waals surface area contributed by atoms with E-state index in [1.807, 2.05) is 48.5 Å². The van der Waals surface area contributed by atoms with E-state index in [0.717, 1.165) is 24.5 Å². The minimum Gasteiger partial charge on any atom is -0.453 e. The first kappa shape index (κ1) is 15.2. The van der Waals surface area contributed by atoms with E-state index in [0.29, 0.717) is 18.0 Å². The van der Waals surface area contributed by atoms with Crippen LogP contribution in [0.1, 0.15) is 11.1 Å². The number of hydrogen-bond donors (Lipinski definition) is 0. The number of benzene rings is 3. The Morgan fingerprint density at radius 2 is 1.27 bits per heavy atom. The van der Waals surface area contributed by atoms with Gasteiger partial charge < -0.3 is 4.74 Å². The second kappa shape index (κ2) is 6.00. The fraction of sp³-hybridized carbons (Fsp3) is 0.136. The van der Waals surface area contributed by atoms with Gasteiger partial charge in [0.2, 0.25) is 5.91 Å². The number of amides is 1. The average Bonchev–Trinajstić information content (AvgIpc) is 3.08. The molecule has 128 valence electrons. The lowest BCUT2D eigenvalue weighted by Crippen LogP contribution is -2.37. The zero-order valence-electron chi connectivity index (χ0n) is 14.3. The maximum Gasteiger partial charge on any atom is 0.245 e. The van der Waals surface area contributed by atoms with E-state index in [-0.39, 0.29) is 5.91 Å². The molecule has 3 aromatic carbocycles. The number of fused-ring (bicyclic) bond motifs is 3. The first-order valence-corrected chi connectivity index (χ1v) is 8.77. The van der Waals surface area contributed by atoms with Crippen LogP contribution < -0.4 is 9.64 Å². The number of carbonyl (C=O) groups is 1. The van der Waals surface area contributed by atoms with Crippen molar-refractivity contribution in [1.82, 2.24) is 4.90 Å². The van der Waals surface area contributed by atoms with Gasteiger partial charge in [0, 0.05) is 13.1 Å². The van der Waals surface area contributed by atoms with Crippen molar-refractivity contribution in [2.45, 2.75) is 13.1 Å². The van der Waals surface area contributed by atoms with Crippen LogP contribution in [0.3, 0.4) is 0 Å². The van der Waals surface area contributed by atoms with Crippen molar-refractivity contribution >= 4 is 17.3 Å². The molecule has 0 bridgehead atoms. The van der Waals surface area contributed by atoms with Crippen molar-refractivity contribution in [3.8, 4) is 11.5 Å². The Hall–Kier alpha value is -3.11. The zero-order chi connectivity index (χ0) is 17.5. The van der Waals surface area contributed by atoms with Crippen molar-refractivity contribution in [1.29, 1.82) is 0 Å². The Labute approximate surface area is 152 Å². The van der Waals surface area contributed by atoms with Crippen molar-refractivity contribution in [3.63, 3.8) is 0 Å². The summed E-state index contributed by atoms with van der Waals surface area (Å²) in [6, 6.07) is 23.8. The van der Waals surface area contributed by atoms with Crippen LogP contribution in [0, 0.1) is 0 Å². The van der Waals surface area contributed by atoms with Gasteiger partial charge in [-0.05, 0) is 35.4 Å². The molecule has 0 spiro atoms. The lowest BCUT2D eigenvalue weighted by Gasteiger charge is -2.32. The smallest absolute Gasteiger partial charge is 0.245 e. The van der Waals surface area contributed by atoms with Crippen LogP contribution in [0.2, 0.25) is 0 Å². The summed E-state index contributed by atoms with van der Waals surface area (Å²) in [7, 11) is 0. The van der Waals surface area contributed by atoms with Gasteiger partial charge in [-0.3, -0.25) is 14.6 Å². The number of nitrogens with zero attached hydrogens (tertiary/aromatic N) is 2. The quantitative estimate of drug-likeness (QED) is 0.689. The van der Waals surface area contributed by atoms with E-state index in [1.165, 1.54) is 11.1 Å². The van der Waals surface area contributed by atoms with Gasteiger partial charge in [-0.15, -0.1) is 0 Å². The molecule has 2 heterocycles. The molecule has 2 aliphatic heterocycles. The molecule has 3 aromatic rings. The van der Waals surface area contributed by atoms with Gasteiger partial charge in [-0.2, -0.15) is 0 Å². The van der Waals surface area contributed by atoms with E-state index in [9.17, 15) is 4.79 Å². The summed E-state index contributed by atoms with van der Waals surface area (Å²) in [5.74, 6) is 1.48. The highest BCUT2D eigenvalue weighted by Gasteiger charge is 2.30. The molecule has 0 saturated heterocycles. The first-order valence-electron chi connectivity index (χ1n) is 8.77. The molecule has 0 saturated carbocycles. The monoisotopic (exact) mass is 342 g/mol. The van der Waals surface area contributed by atoms with Crippen LogP contribution in [0.25, 0.3) is 0 Å². The van der Waals surface area contributed by atoms with Gasteiger partial charge in [0.15, 0.2) is 11.5 Å². The minimum absolute atomic E-state index is 0.0565. The third-order valence-corrected chi connectivity index (χ3v) is 4.95. The van der Waals surface area contributed by atoms with Crippen LogP contribution >= 0.6 is 0 Å². The Morgan fingerprint density at radius 3 is 1.85 bits per heavy atom. The fourth-order valence-corrected chi connectivity index (χ4v) is 3.75. The normalized spacial score (nSPS) is 15.0. The summed E-state index contributed by atoms with van der Waals surface area (Å²) in [5.41, 5.74) is 4.21. The molecule has 0 unspecified atom stereocenters. The molecule has 4 nitrogen and oxygen atoms in total. The number of carbonyl (C=O) groups excluding carboxylic acids is 1. The molecule has 2 aliphatic rings. The number of ether oxygens (including phenoxy) is 1. The number of para-hydroxylation sites is 4. The van der Waals surface area contributed by atoms with Gasteiger partial charge in [-0.1, -0.05) is 48.5 Å². The number of rotatable bonds is 2. The molecule has 0 aromatic heterocycles. The third kappa shape index (κ3) is 2.47. The number of anilines is 2. The van der Waals surface area contributed by atoms with Crippen LogP contribution in [-0.4, -0.2) is 17.4 Å². The summed E-state index contributed by atoms with van der Waals surface area (Å²) >= 11 is 0. The highest BCUT2D eigenvalue weighted by atomic mass is 16.5. The number of hydrogen-bond acceptors (Lipinski definition) is 3. The Bertz CT molecular complexity index is 928. The van der Waals surface area contributed by atoms with E-state index >= 15 is 0 Å². The van der Waals surface area contributed by atoms with E-state index in [1.54, 1.807) is 4.90 Å². The van der Waals surface area contributed by atoms with Gasteiger partial charge in [0.25, 0.3) is 0 Å². The predicted molar refractivity (Wildman–Crippen MR) is 101 cm³/mol. The van der Waals surface area contributed by atoms with E-state index < -0.39 is 0 Å². The molecule has 0 N–H and O–H groups in total. The highest BCUT2D eigenvalue weighted by Crippen LogP contribution is 2.46. The van der Waals surface area contributed by atoms with Gasteiger partial charge in [0.1, 0.15) is 0 Å². The summed E-state index contributed by atoms with van der Waals surface area (Å²) in [6.07, 6.45) is 0. The predicted octanol–water partition coefficient (Wildman–Crippen LogP) is 4.47. The zero-order valence-corrected chi connectivity index (χ0v) is 14.3. The van der Waals surface area contributed by atoms with E-state index in [4.69, 9.17) is 4.74 Å². The van der Waals surface area contributed by atoms with Crippen LogP contribution in [-0.2, 0) is 17.9 Å². The molecule has 1 amide bonds. The topological polar surface area (TPSA) is 32.8 Å². The Balaban J connectivity index is 1.46. The summed E-state index contributed by atoms with van der Waals surface area (Å²) < 4.78 is 5.97. The fourth-order valence-electron chi connectivity index (χ4n) is 3.75. The Kier molecular flexibility index (Phi) is 3.50. The first-order chi connectivity index (χ1) is 12.8. The van der Waals surface area contributed by atoms with Crippen molar-refractivity contribution in [3.05, 3.63) is 83.9 Å². The second-order valence-electron chi connectivity index (χ2n) is 6.68. The average molecular weight is 342 g/mol. The molecule has 5 rings (SSSR count). The summed E-state index contributed by atoms with van der Waals surface area (Å²) in [5, 5.41) is 0. The van der Waals surface area contributed by atoms with Gasteiger partial charge in [0.05, 0.1) is 17.9 Å².